The zero-order valence-corrected chi connectivity index (χ0v) is 15.9. The topological polar surface area (TPSA) is 26.3 Å². The number of hydrogen-bond donors (Lipinski definition) is 0. The fraction of sp³-hybridized carbons (Fsp3) is 0.944. The minimum Gasteiger partial charge on any atom is -0.459 e. The van der Waals surface area contributed by atoms with Crippen LogP contribution in [0.5, 0.6) is 0 Å². The van der Waals surface area contributed by atoms with Crippen molar-refractivity contribution in [2.75, 3.05) is 5.75 Å². The molecule has 0 heterocycles. The summed E-state index contributed by atoms with van der Waals surface area (Å²) in [7, 11) is 0. The van der Waals surface area contributed by atoms with E-state index in [0.717, 1.165) is 50.7 Å². The van der Waals surface area contributed by atoms with E-state index in [-0.39, 0.29) is 11.2 Å². The van der Waals surface area contributed by atoms with E-state index in [1.165, 1.54) is 0 Å². The molecule has 0 aromatic heterocycles. The molecule has 0 aliphatic rings. The van der Waals surface area contributed by atoms with Gasteiger partial charge in [-0.2, -0.15) is 0 Å². The Balaban J connectivity index is 4.10. The molecule has 2 unspecified atom stereocenters. The van der Waals surface area contributed by atoms with Crippen molar-refractivity contribution >= 4 is 17.7 Å². The third-order valence-electron chi connectivity index (χ3n) is 3.30. The predicted molar refractivity (Wildman–Crippen MR) is 95.3 cm³/mol. The number of carbonyl (C=O) groups is 1. The summed E-state index contributed by atoms with van der Waals surface area (Å²) in [5, 5.41) is -0.0501. The second kappa shape index (κ2) is 12.2. The van der Waals surface area contributed by atoms with Gasteiger partial charge in [-0.05, 0) is 52.7 Å². The van der Waals surface area contributed by atoms with Crippen LogP contribution in [-0.2, 0) is 9.53 Å². The molecule has 0 aromatic carbocycles. The smallest absolute Gasteiger partial charge is 0.319 e. The highest BCUT2D eigenvalue weighted by Crippen LogP contribution is 2.23. The van der Waals surface area contributed by atoms with Gasteiger partial charge in [0.05, 0.1) is 6.17 Å². The number of ether oxygens (including phenoxy) is 1. The number of rotatable bonds is 12. The van der Waals surface area contributed by atoms with Gasteiger partial charge in [-0.15, -0.1) is 11.8 Å². The summed E-state index contributed by atoms with van der Waals surface area (Å²) in [6.07, 6.45) is 7.27. The van der Waals surface area contributed by atoms with Crippen LogP contribution in [0.4, 0.5) is 4.39 Å². The average molecular weight is 335 g/mol. The monoisotopic (exact) mass is 334 g/mol. The first-order chi connectivity index (χ1) is 10.3. The van der Waals surface area contributed by atoms with Crippen molar-refractivity contribution in [3.05, 3.63) is 0 Å². The zero-order chi connectivity index (χ0) is 17.0. The fourth-order valence-corrected chi connectivity index (χ4v) is 3.32. The lowest BCUT2D eigenvalue weighted by atomic mass is 10.1. The maximum Gasteiger partial charge on any atom is 0.319 e. The minimum absolute atomic E-state index is 0.0501. The van der Waals surface area contributed by atoms with E-state index < -0.39 is 11.8 Å². The van der Waals surface area contributed by atoms with E-state index in [9.17, 15) is 9.18 Å². The van der Waals surface area contributed by atoms with Crippen LogP contribution in [0, 0.1) is 0 Å². The van der Waals surface area contributed by atoms with Crippen LogP contribution < -0.4 is 0 Å². The Morgan fingerprint density at radius 2 is 1.73 bits per heavy atom. The molecule has 2 atom stereocenters. The number of esters is 1. The fourth-order valence-electron chi connectivity index (χ4n) is 2.15. The Hall–Kier alpha value is -0.250. The molecule has 0 fully saturated rings. The Kier molecular flexibility index (Phi) is 12.1. The molecule has 0 aromatic rings. The summed E-state index contributed by atoms with van der Waals surface area (Å²) in [5.74, 6) is 0.877. The van der Waals surface area contributed by atoms with Gasteiger partial charge in [-0.25, -0.2) is 4.39 Å². The summed E-state index contributed by atoms with van der Waals surface area (Å²) in [4.78, 5) is 12.3. The lowest BCUT2D eigenvalue weighted by molar-refractivity contribution is -0.154. The molecular weight excluding hydrogens is 299 g/mol. The highest BCUT2D eigenvalue weighted by molar-refractivity contribution is 8.00. The van der Waals surface area contributed by atoms with Crippen LogP contribution in [0.1, 0.15) is 86.0 Å². The van der Waals surface area contributed by atoms with E-state index >= 15 is 0 Å². The molecule has 0 spiro atoms. The first-order valence-electron chi connectivity index (χ1n) is 8.74. The van der Waals surface area contributed by atoms with Gasteiger partial charge in [0.25, 0.3) is 0 Å². The summed E-state index contributed by atoms with van der Waals surface area (Å²) in [6, 6.07) is 0. The lowest BCUT2D eigenvalue weighted by Gasteiger charge is -2.23. The SMILES string of the molecule is CCCCCC(SCCCCCC(C)F)C(=O)OC(C)(C)C. The van der Waals surface area contributed by atoms with Gasteiger partial charge in [0, 0.05) is 0 Å². The number of hydrogen-bond acceptors (Lipinski definition) is 3. The average Bonchev–Trinajstić information content (AvgIpc) is 2.38. The summed E-state index contributed by atoms with van der Waals surface area (Å²) in [6.45, 7) is 9.52. The first kappa shape index (κ1) is 21.8. The molecule has 0 radical (unpaired) electrons. The van der Waals surface area contributed by atoms with Gasteiger partial charge in [0.2, 0.25) is 0 Å². The van der Waals surface area contributed by atoms with Crippen molar-refractivity contribution in [1.82, 2.24) is 0 Å². The quantitative estimate of drug-likeness (QED) is 0.327. The maximum atomic E-state index is 12.7. The minimum atomic E-state index is -0.698. The normalized spacial score (nSPS) is 14.6. The van der Waals surface area contributed by atoms with Gasteiger partial charge < -0.3 is 4.74 Å². The van der Waals surface area contributed by atoms with E-state index in [1.54, 1.807) is 18.7 Å². The molecule has 2 nitrogen and oxygen atoms in total. The second-order valence-corrected chi connectivity index (χ2v) is 8.33. The van der Waals surface area contributed by atoms with E-state index in [4.69, 9.17) is 4.74 Å². The molecule has 4 heteroatoms. The van der Waals surface area contributed by atoms with Crippen LogP contribution >= 0.6 is 11.8 Å². The van der Waals surface area contributed by atoms with Crippen molar-refractivity contribution in [3.63, 3.8) is 0 Å². The van der Waals surface area contributed by atoms with E-state index in [2.05, 4.69) is 6.92 Å². The van der Waals surface area contributed by atoms with Crippen LogP contribution in [0.15, 0.2) is 0 Å². The molecule has 0 rings (SSSR count). The van der Waals surface area contributed by atoms with Crippen LogP contribution in [0.25, 0.3) is 0 Å². The highest BCUT2D eigenvalue weighted by atomic mass is 32.2. The highest BCUT2D eigenvalue weighted by Gasteiger charge is 2.24. The standard InChI is InChI=1S/C18H35FO2S/c1-6-7-9-13-16(17(20)21-18(3,4)5)22-14-11-8-10-12-15(2)19/h15-16H,6-14H2,1-5H3. The third-order valence-corrected chi connectivity index (χ3v) is 4.66. The maximum absolute atomic E-state index is 12.7. The van der Waals surface area contributed by atoms with Crippen LogP contribution in [-0.4, -0.2) is 28.7 Å². The second-order valence-electron chi connectivity index (χ2n) is 7.02. The van der Waals surface area contributed by atoms with Gasteiger partial charge in [0.1, 0.15) is 10.9 Å². The number of unbranched alkanes of at least 4 members (excludes halogenated alkanes) is 4. The molecule has 132 valence electrons. The number of alkyl halides is 1. The molecule has 0 amide bonds. The molecular formula is C18H35FO2S. The summed E-state index contributed by atoms with van der Waals surface area (Å²) >= 11 is 1.71. The molecule has 0 aliphatic heterocycles. The van der Waals surface area contributed by atoms with Gasteiger partial charge in [-0.3, -0.25) is 4.79 Å². The molecule has 0 saturated carbocycles. The van der Waals surface area contributed by atoms with Crippen LogP contribution in [0.2, 0.25) is 0 Å². The summed E-state index contributed by atoms with van der Waals surface area (Å²) in [5.41, 5.74) is -0.419. The predicted octanol–water partition coefficient (Wildman–Crippen LogP) is 5.93. The molecule has 0 aliphatic carbocycles. The largest absolute Gasteiger partial charge is 0.459 e. The Labute approximate surface area is 141 Å². The number of carbonyl (C=O) groups excluding carboxylic acids is 1. The number of halogens is 1. The van der Waals surface area contributed by atoms with Gasteiger partial charge in [-0.1, -0.05) is 39.0 Å². The van der Waals surface area contributed by atoms with Gasteiger partial charge >= 0.3 is 5.97 Å². The Bertz CT molecular complexity index is 287. The molecule has 0 bridgehead atoms. The Morgan fingerprint density at radius 3 is 2.27 bits per heavy atom. The molecule has 0 N–H and O–H groups in total. The van der Waals surface area contributed by atoms with Crippen molar-refractivity contribution in [2.24, 2.45) is 0 Å². The van der Waals surface area contributed by atoms with E-state index in [0.29, 0.717) is 6.42 Å². The Morgan fingerprint density at radius 1 is 1.09 bits per heavy atom. The first-order valence-corrected chi connectivity index (χ1v) is 9.79. The van der Waals surface area contributed by atoms with Crippen molar-refractivity contribution in [1.29, 1.82) is 0 Å². The van der Waals surface area contributed by atoms with Crippen molar-refractivity contribution in [2.45, 2.75) is 103 Å². The van der Waals surface area contributed by atoms with Crippen LogP contribution in [0.3, 0.4) is 0 Å². The van der Waals surface area contributed by atoms with Crippen molar-refractivity contribution < 1.29 is 13.9 Å². The number of thioether (sulfide) groups is 1. The lowest BCUT2D eigenvalue weighted by Crippen LogP contribution is -2.30. The molecule has 22 heavy (non-hydrogen) atoms. The third kappa shape index (κ3) is 13.4. The van der Waals surface area contributed by atoms with E-state index in [1.807, 2.05) is 20.8 Å². The zero-order valence-electron chi connectivity index (χ0n) is 15.1. The van der Waals surface area contributed by atoms with Crippen molar-refractivity contribution in [3.8, 4) is 0 Å². The molecule has 0 saturated heterocycles. The van der Waals surface area contributed by atoms with Gasteiger partial charge in [0.15, 0.2) is 0 Å². The summed E-state index contributed by atoms with van der Waals surface area (Å²) < 4.78 is 18.2.